The lowest BCUT2D eigenvalue weighted by molar-refractivity contribution is -0.125. The lowest BCUT2D eigenvalue weighted by Crippen LogP contribution is -2.43. The van der Waals surface area contributed by atoms with Crippen molar-refractivity contribution in [3.05, 3.63) is 30.5 Å². The number of nitrogens with zero attached hydrogens (tertiary/aromatic N) is 1. The van der Waals surface area contributed by atoms with Gasteiger partial charge < -0.3 is 35.5 Å². The van der Waals surface area contributed by atoms with Gasteiger partial charge in [-0.3, -0.25) is 4.79 Å². The monoisotopic (exact) mass is 554 g/mol. The minimum atomic E-state index is -0.807. The molecule has 1 heterocycles. The van der Waals surface area contributed by atoms with E-state index >= 15 is 0 Å². The molecule has 0 fully saturated rings. The van der Waals surface area contributed by atoms with E-state index in [9.17, 15) is 14.7 Å². The molecule has 0 saturated heterocycles. The van der Waals surface area contributed by atoms with Crippen molar-refractivity contribution in [2.24, 2.45) is 23.5 Å². The van der Waals surface area contributed by atoms with Crippen LogP contribution in [0.25, 0.3) is 10.9 Å². The molecule has 0 saturated carbocycles. The molecule has 2 rings (SSSR count). The van der Waals surface area contributed by atoms with Gasteiger partial charge in [0.05, 0.1) is 18.2 Å². The van der Waals surface area contributed by atoms with E-state index in [0.29, 0.717) is 44.8 Å². The van der Waals surface area contributed by atoms with Gasteiger partial charge in [-0.05, 0) is 43.2 Å². The van der Waals surface area contributed by atoms with E-state index in [4.69, 9.17) is 15.2 Å². The van der Waals surface area contributed by atoms with Crippen LogP contribution in [-0.4, -0.2) is 60.6 Å². The molecule has 2 amide bonds. The van der Waals surface area contributed by atoms with Crippen LogP contribution >= 0.6 is 12.4 Å². The second-order valence-electron chi connectivity index (χ2n) is 10.2. The summed E-state index contributed by atoms with van der Waals surface area (Å²) < 4.78 is 12.8. The number of aromatic nitrogens is 1. The summed E-state index contributed by atoms with van der Waals surface area (Å²) >= 11 is 0. The Morgan fingerprint density at radius 2 is 1.84 bits per heavy atom. The van der Waals surface area contributed by atoms with E-state index in [-0.39, 0.29) is 36.1 Å². The van der Waals surface area contributed by atoms with Gasteiger partial charge >= 0.3 is 6.09 Å². The maximum absolute atomic E-state index is 12.7. The number of hydrogen-bond acceptors (Lipinski definition) is 6. The van der Waals surface area contributed by atoms with Crippen LogP contribution < -0.4 is 21.1 Å². The molecule has 10 heteroatoms. The number of nitrogens with one attached hydrogen (secondary N) is 2. The number of rotatable bonds is 16. The number of aliphatic hydroxyl groups excluding tert-OH is 1. The zero-order valence-corrected chi connectivity index (χ0v) is 24.3. The third-order valence-corrected chi connectivity index (χ3v) is 6.88. The third kappa shape index (κ3) is 10.4. The molecule has 216 valence electrons. The van der Waals surface area contributed by atoms with Crippen molar-refractivity contribution in [1.82, 2.24) is 15.2 Å². The summed E-state index contributed by atoms with van der Waals surface area (Å²) in [5.74, 6) is 0.365. The molecule has 38 heavy (non-hydrogen) atoms. The first-order chi connectivity index (χ1) is 17.7. The number of fused-ring (bicyclic) bond motifs is 1. The Balaban J connectivity index is 0.00000722. The average Bonchev–Trinajstić information content (AvgIpc) is 3.21. The number of benzene rings is 1. The molecule has 1 aromatic carbocycles. The van der Waals surface area contributed by atoms with Gasteiger partial charge in [-0.25, -0.2) is 4.79 Å². The topological polar surface area (TPSA) is 128 Å². The lowest BCUT2D eigenvalue weighted by Gasteiger charge is -2.28. The fourth-order valence-electron chi connectivity index (χ4n) is 4.32. The number of nitrogens with two attached hydrogens (primary N) is 1. The Kier molecular flexibility index (Phi) is 15.3. The molecule has 4 atom stereocenters. The van der Waals surface area contributed by atoms with Gasteiger partial charge in [0, 0.05) is 50.3 Å². The molecule has 1 aromatic heterocycles. The first-order valence-corrected chi connectivity index (χ1v) is 13.4. The SMILES string of the molecule is CCCCNC(=O)[C@H](C)C[C@H](O)[C@@H](N)C[C@@H](CNC(=O)Oc1cn(CCOC)c2ccccc12)C(C)C.Cl. The molecule has 0 aliphatic carbocycles. The van der Waals surface area contributed by atoms with E-state index in [1.807, 2.05) is 35.0 Å². The van der Waals surface area contributed by atoms with Crippen molar-refractivity contribution in [2.45, 2.75) is 72.1 Å². The Bertz CT molecular complexity index is 983. The van der Waals surface area contributed by atoms with E-state index in [1.54, 1.807) is 14.0 Å². The van der Waals surface area contributed by atoms with Gasteiger partial charge in [0.2, 0.25) is 5.91 Å². The summed E-state index contributed by atoms with van der Waals surface area (Å²) in [4.78, 5) is 24.9. The number of para-hydroxylation sites is 1. The summed E-state index contributed by atoms with van der Waals surface area (Å²) in [5, 5.41) is 17.3. The summed E-state index contributed by atoms with van der Waals surface area (Å²) in [7, 11) is 1.65. The predicted octanol–water partition coefficient (Wildman–Crippen LogP) is 4.09. The maximum Gasteiger partial charge on any atom is 0.412 e. The molecule has 0 spiro atoms. The molecule has 0 radical (unpaired) electrons. The Morgan fingerprint density at radius 1 is 1.13 bits per heavy atom. The second-order valence-corrected chi connectivity index (χ2v) is 10.2. The van der Waals surface area contributed by atoms with E-state index in [1.165, 1.54) is 0 Å². The Labute approximate surface area is 233 Å². The van der Waals surface area contributed by atoms with Crippen molar-refractivity contribution in [1.29, 1.82) is 0 Å². The van der Waals surface area contributed by atoms with E-state index in [0.717, 1.165) is 23.7 Å². The van der Waals surface area contributed by atoms with Crippen LogP contribution in [-0.2, 0) is 16.1 Å². The highest BCUT2D eigenvalue weighted by molar-refractivity contribution is 5.89. The van der Waals surface area contributed by atoms with Crippen molar-refractivity contribution < 1.29 is 24.2 Å². The number of hydrogen-bond donors (Lipinski definition) is 4. The number of halogens is 1. The van der Waals surface area contributed by atoms with Gasteiger partial charge in [-0.1, -0.05) is 46.2 Å². The number of methoxy groups -OCH3 is 1. The highest BCUT2D eigenvalue weighted by Crippen LogP contribution is 2.28. The summed E-state index contributed by atoms with van der Waals surface area (Å²) in [6.07, 6.45) is 3.23. The standard InChI is InChI=1S/C28H46N4O5.ClH/c1-6-7-12-30-27(34)20(4)15-25(33)23(29)16-21(19(2)3)17-31-28(35)37-26-18-32(13-14-36-5)24-11-9-8-10-22(24)26;/h8-11,18-21,23,25,33H,6-7,12-17,29H2,1-5H3,(H,30,34)(H,31,35);1H/t20-,21+,23+,25+;/m1./s1. The molecule has 0 aliphatic heterocycles. The molecular weight excluding hydrogens is 508 g/mol. The summed E-state index contributed by atoms with van der Waals surface area (Å²) in [5.41, 5.74) is 7.29. The van der Waals surface area contributed by atoms with Crippen molar-refractivity contribution >= 4 is 35.3 Å². The van der Waals surface area contributed by atoms with Gasteiger partial charge in [0.15, 0.2) is 5.75 Å². The Hall–Kier alpha value is -2.33. The minimum Gasteiger partial charge on any atom is -0.408 e. The van der Waals surface area contributed by atoms with E-state index in [2.05, 4.69) is 31.4 Å². The van der Waals surface area contributed by atoms with Crippen molar-refractivity contribution in [3.63, 3.8) is 0 Å². The lowest BCUT2D eigenvalue weighted by atomic mass is 9.86. The van der Waals surface area contributed by atoms with Crippen LogP contribution in [0.4, 0.5) is 4.79 Å². The molecular formula is C28H47ClN4O5. The fourth-order valence-corrected chi connectivity index (χ4v) is 4.32. The molecule has 9 nitrogen and oxygen atoms in total. The smallest absolute Gasteiger partial charge is 0.408 e. The average molecular weight is 555 g/mol. The number of ether oxygens (including phenoxy) is 2. The quantitative estimate of drug-likeness (QED) is 0.231. The highest BCUT2D eigenvalue weighted by atomic mass is 35.5. The number of unbranched alkanes of at least 4 members (excludes halogenated alkanes) is 1. The third-order valence-electron chi connectivity index (χ3n) is 6.88. The number of aliphatic hydroxyl groups is 1. The van der Waals surface area contributed by atoms with Gasteiger partial charge in [-0.15, -0.1) is 12.4 Å². The molecule has 5 N–H and O–H groups in total. The molecule has 0 aliphatic rings. The number of amides is 2. The summed E-state index contributed by atoms with van der Waals surface area (Å²) in [6.45, 7) is 10.2. The fraction of sp³-hybridized carbons (Fsp3) is 0.643. The second kappa shape index (κ2) is 17.3. The van der Waals surface area contributed by atoms with Crippen molar-refractivity contribution in [3.8, 4) is 5.75 Å². The predicted molar refractivity (Wildman–Crippen MR) is 154 cm³/mol. The van der Waals surface area contributed by atoms with Crippen molar-refractivity contribution in [2.75, 3.05) is 26.8 Å². The minimum absolute atomic E-state index is 0. The molecule has 2 aromatic rings. The zero-order chi connectivity index (χ0) is 27.4. The number of carbonyl (C=O) groups is 2. The van der Waals surface area contributed by atoms with Gasteiger partial charge in [0.25, 0.3) is 0 Å². The normalized spacial score (nSPS) is 14.4. The summed E-state index contributed by atoms with van der Waals surface area (Å²) in [6, 6.07) is 7.25. The largest absolute Gasteiger partial charge is 0.412 e. The van der Waals surface area contributed by atoms with E-state index < -0.39 is 18.2 Å². The van der Waals surface area contributed by atoms with Crippen LogP contribution in [0.15, 0.2) is 30.5 Å². The Morgan fingerprint density at radius 3 is 2.50 bits per heavy atom. The van der Waals surface area contributed by atoms with Crippen LogP contribution in [0.3, 0.4) is 0 Å². The van der Waals surface area contributed by atoms with Crippen LogP contribution in [0, 0.1) is 17.8 Å². The zero-order valence-electron chi connectivity index (χ0n) is 23.4. The van der Waals surface area contributed by atoms with Crippen LogP contribution in [0.2, 0.25) is 0 Å². The first kappa shape index (κ1) is 33.7. The molecule has 0 unspecified atom stereocenters. The number of carbonyl (C=O) groups excluding carboxylic acids is 2. The maximum atomic E-state index is 12.7. The highest BCUT2D eigenvalue weighted by Gasteiger charge is 2.26. The van der Waals surface area contributed by atoms with Gasteiger partial charge in [-0.2, -0.15) is 0 Å². The van der Waals surface area contributed by atoms with Crippen LogP contribution in [0.5, 0.6) is 5.75 Å². The first-order valence-electron chi connectivity index (χ1n) is 13.4. The molecule has 0 bridgehead atoms. The van der Waals surface area contributed by atoms with Gasteiger partial charge in [0.1, 0.15) is 0 Å². The van der Waals surface area contributed by atoms with Crippen LogP contribution in [0.1, 0.15) is 53.4 Å².